The number of rotatable bonds is 7. The summed E-state index contributed by atoms with van der Waals surface area (Å²) in [5, 5.41) is 26.7. The fraction of sp³-hybridized carbons (Fsp3) is 0.0769. The summed E-state index contributed by atoms with van der Waals surface area (Å²) >= 11 is 0. The molecule has 16 rings (SSSR count). The summed E-state index contributed by atoms with van der Waals surface area (Å²) in [4.78, 5) is 0. The molecule has 3 heteroatoms. The SMILES string of the molecule is CC.NC1(c2ccc(-c3ccc(C4(c5cc(C6(O)c7ccccc7-c7ccccc76)ccc5-c5ccc(C6(O)c7ccccc7-c7ccccc76)cc5)c5ccccc5-c5ccccc54)cc3)cc2)c2ccccc2-c2ccccc21. The summed E-state index contributed by atoms with van der Waals surface area (Å²) in [5.41, 5.74) is 29.0. The van der Waals surface area contributed by atoms with Crippen LogP contribution in [0.25, 0.3) is 66.8 Å². The summed E-state index contributed by atoms with van der Waals surface area (Å²) in [6, 6.07) is 101. The lowest BCUT2D eigenvalue weighted by Gasteiger charge is -2.37. The number of hydrogen-bond donors (Lipinski definition) is 3. The van der Waals surface area contributed by atoms with Crippen molar-refractivity contribution in [1.29, 1.82) is 0 Å². The largest absolute Gasteiger partial charge is 0.376 e. The van der Waals surface area contributed by atoms with Gasteiger partial charge in [0.25, 0.3) is 0 Å². The third-order valence-electron chi connectivity index (χ3n) is 18.2. The standard InChI is InChI=1S/C76H51NO2.C2H6/c77-74(66-27-11-3-19-58(66)59-20-4-12-28-67(59)74)52-41-35-49(36-42-52)48-33-39-51(40-34-48)73(64-25-9-1-17-56(64)57-18-2-10-26-65(57)73)72-47-54(76(79)70-31-15-7-23-62(70)63-24-8-16-32-71(63)76)45-46-55(72)50-37-43-53(44-38-50)75(78)68-29-13-5-21-60(68)61-22-6-14-30-69(61)75;1-2/h1-47,78-79H,77H2;1-2H3. The van der Waals surface area contributed by atoms with Gasteiger partial charge in [0.05, 0.1) is 11.0 Å². The molecule has 0 saturated heterocycles. The van der Waals surface area contributed by atoms with Crippen molar-refractivity contribution in [2.75, 3.05) is 0 Å². The molecule has 0 atom stereocenters. The first-order chi connectivity index (χ1) is 39.8. The number of benzene rings is 12. The average molecular weight is 1040 g/mol. The summed E-state index contributed by atoms with van der Waals surface area (Å²) < 4.78 is 0. The Balaban J connectivity index is 0.00000279. The Hall–Kier alpha value is -9.48. The van der Waals surface area contributed by atoms with E-state index in [0.717, 1.165) is 106 Å². The highest BCUT2D eigenvalue weighted by molar-refractivity contribution is 5.91. The van der Waals surface area contributed by atoms with Crippen LogP contribution in [0.3, 0.4) is 0 Å². The van der Waals surface area contributed by atoms with Crippen molar-refractivity contribution in [1.82, 2.24) is 0 Å². The van der Waals surface area contributed by atoms with E-state index in [1.165, 1.54) is 33.4 Å². The van der Waals surface area contributed by atoms with E-state index in [2.05, 4.69) is 237 Å². The third-order valence-corrected chi connectivity index (χ3v) is 18.2. The zero-order valence-electron chi connectivity index (χ0n) is 45.1. The molecule has 0 unspecified atom stereocenters. The van der Waals surface area contributed by atoms with Gasteiger partial charge in [-0.1, -0.05) is 299 Å². The molecule has 0 fully saturated rings. The topological polar surface area (TPSA) is 66.5 Å². The van der Waals surface area contributed by atoms with Crippen LogP contribution < -0.4 is 5.73 Å². The highest BCUT2D eigenvalue weighted by atomic mass is 16.3. The minimum atomic E-state index is -1.45. The summed E-state index contributed by atoms with van der Waals surface area (Å²) in [6.45, 7) is 4.00. The average Bonchev–Trinajstić information content (AvgIpc) is 3.87. The van der Waals surface area contributed by atoms with Crippen LogP contribution in [-0.4, -0.2) is 10.2 Å². The van der Waals surface area contributed by atoms with Gasteiger partial charge >= 0.3 is 0 Å². The normalized spacial score (nSPS) is 15.1. The van der Waals surface area contributed by atoms with Crippen LogP contribution in [0.5, 0.6) is 0 Å². The van der Waals surface area contributed by atoms with Crippen molar-refractivity contribution in [3.8, 4) is 66.8 Å². The lowest BCUT2D eigenvalue weighted by Crippen LogP contribution is -2.37. The van der Waals surface area contributed by atoms with E-state index in [1.807, 2.05) is 62.4 Å². The first-order valence-corrected chi connectivity index (χ1v) is 28.3. The monoisotopic (exact) mass is 1040 g/mol. The zero-order chi connectivity index (χ0) is 54.7. The Bertz CT molecular complexity index is 4290. The van der Waals surface area contributed by atoms with Gasteiger partial charge in [-0.3, -0.25) is 0 Å². The first kappa shape index (κ1) is 48.6. The predicted octanol–water partition coefficient (Wildman–Crippen LogP) is 17.2. The zero-order valence-corrected chi connectivity index (χ0v) is 45.1. The number of fused-ring (bicyclic) bond motifs is 12. The van der Waals surface area contributed by atoms with Crippen LogP contribution in [0.15, 0.2) is 285 Å². The molecule has 4 N–H and O–H groups in total. The molecule has 0 aliphatic heterocycles. The van der Waals surface area contributed by atoms with Gasteiger partial charge in [0, 0.05) is 22.3 Å². The highest BCUT2D eigenvalue weighted by Crippen LogP contribution is 2.60. The van der Waals surface area contributed by atoms with Crippen LogP contribution >= 0.6 is 0 Å². The smallest absolute Gasteiger partial charge is 0.141 e. The van der Waals surface area contributed by atoms with Crippen molar-refractivity contribution in [3.05, 3.63) is 357 Å². The minimum Gasteiger partial charge on any atom is -0.376 e. The maximum absolute atomic E-state index is 13.7. The highest BCUT2D eigenvalue weighted by Gasteiger charge is 2.50. The van der Waals surface area contributed by atoms with E-state index in [-0.39, 0.29) is 0 Å². The molecular weight excluding hydrogens is 983 g/mol. The van der Waals surface area contributed by atoms with Crippen LogP contribution in [0.1, 0.15) is 86.2 Å². The molecule has 0 bridgehead atoms. The molecule has 81 heavy (non-hydrogen) atoms. The van der Waals surface area contributed by atoms with Crippen LogP contribution in [0.4, 0.5) is 0 Å². The van der Waals surface area contributed by atoms with Crippen molar-refractivity contribution in [3.63, 3.8) is 0 Å². The van der Waals surface area contributed by atoms with Gasteiger partial charge in [0.1, 0.15) is 11.2 Å². The van der Waals surface area contributed by atoms with E-state index in [0.29, 0.717) is 0 Å². The van der Waals surface area contributed by atoms with Crippen LogP contribution in [-0.2, 0) is 22.2 Å². The maximum atomic E-state index is 13.7. The summed E-state index contributed by atoms with van der Waals surface area (Å²) in [7, 11) is 0. The first-order valence-electron chi connectivity index (χ1n) is 28.3. The molecule has 0 saturated carbocycles. The number of aliphatic hydroxyl groups is 2. The van der Waals surface area contributed by atoms with Crippen LogP contribution in [0.2, 0.25) is 0 Å². The Morgan fingerprint density at radius 1 is 0.235 bits per heavy atom. The van der Waals surface area contributed by atoms with Crippen molar-refractivity contribution in [2.45, 2.75) is 36.0 Å². The van der Waals surface area contributed by atoms with Crippen molar-refractivity contribution < 1.29 is 10.2 Å². The van der Waals surface area contributed by atoms with Gasteiger partial charge in [-0.05, 0) is 117 Å². The molecule has 3 nitrogen and oxygen atoms in total. The second-order valence-corrected chi connectivity index (χ2v) is 21.8. The summed E-state index contributed by atoms with van der Waals surface area (Å²) in [5.74, 6) is 0. The maximum Gasteiger partial charge on any atom is 0.141 e. The van der Waals surface area contributed by atoms with E-state index in [1.54, 1.807) is 0 Å². The molecular formula is C78H57NO2. The van der Waals surface area contributed by atoms with Crippen LogP contribution in [0, 0.1) is 0 Å². The minimum absolute atomic E-state index is 0.777. The van der Waals surface area contributed by atoms with E-state index in [9.17, 15) is 10.2 Å². The van der Waals surface area contributed by atoms with E-state index < -0.39 is 22.2 Å². The second-order valence-electron chi connectivity index (χ2n) is 21.8. The molecule has 0 amide bonds. The van der Waals surface area contributed by atoms with E-state index >= 15 is 0 Å². The summed E-state index contributed by atoms with van der Waals surface area (Å²) in [6.07, 6.45) is 0. The molecule has 4 aliphatic rings. The van der Waals surface area contributed by atoms with Gasteiger partial charge < -0.3 is 15.9 Å². The number of hydrogen-bond acceptors (Lipinski definition) is 3. The Morgan fingerprint density at radius 2 is 0.506 bits per heavy atom. The quantitative estimate of drug-likeness (QED) is 0.149. The molecule has 386 valence electrons. The van der Waals surface area contributed by atoms with Gasteiger partial charge in [-0.15, -0.1) is 0 Å². The molecule has 12 aromatic rings. The lowest BCUT2D eigenvalue weighted by atomic mass is 9.64. The Kier molecular flexibility index (Phi) is 11.0. The molecule has 12 aromatic carbocycles. The van der Waals surface area contributed by atoms with Crippen molar-refractivity contribution >= 4 is 0 Å². The molecule has 0 radical (unpaired) electrons. The third kappa shape index (κ3) is 6.63. The fourth-order valence-electron chi connectivity index (χ4n) is 14.7. The van der Waals surface area contributed by atoms with Gasteiger partial charge in [-0.2, -0.15) is 0 Å². The van der Waals surface area contributed by atoms with E-state index in [4.69, 9.17) is 5.73 Å². The van der Waals surface area contributed by atoms with Crippen molar-refractivity contribution in [2.24, 2.45) is 5.73 Å². The van der Waals surface area contributed by atoms with Gasteiger partial charge in [0.2, 0.25) is 0 Å². The molecule has 0 spiro atoms. The molecule has 0 heterocycles. The molecule has 0 aromatic heterocycles. The lowest BCUT2D eigenvalue weighted by molar-refractivity contribution is 0.130. The molecule has 4 aliphatic carbocycles. The van der Waals surface area contributed by atoms with Gasteiger partial charge in [-0.25, -0.2) is 0 Å². The fourth-order valence-corrected chi connectivity index (χ4v) is 14.7. The van der Waals surface area contributed by atoms with Gasteiger partial charge in [0.15, 0.2) is 0 Å². The second kappa shape index (κ2) is 18.3. The Morgan fingerprint density at radius 3 is 0.901 bits per heavy atom. The number of nitrogens with two attached hydrogens (primary N) is 1. The Labute approximate surface area is 473 Å². The predicted molar refractivity (Wildman–Crippen MR) is 330 cm³/mol.